The summed E-state index contributed by atoms with van der Waals surface area (Å²) in [5.41, 5.74) is 3.69. The lowest BCUT2D eigenvalue weighted by molar-refractivity contribution is -0.134. The standard InChI is InChI=1S/C32H34N4O5/c1-32(2,3)41-31(38)36-16-6-8-22-9-10-25(34-30(22)36)14-18-40-26-11-12-27-23(19-26)13-17-35(27)28(20-29(37)39-4)24-7-5-15-33-21-24/h5,7,9-13,15,17,19-21H,6,8,14,16,18H2,1-4H3. The molecule has 0 atom stereocenters. The molecule has 4 aromatic rings. The average molecular weight is 555 g/mol. The van der Waals surface area contributed by atoms with Gasteiger partial charge in [0.2, 0.25) is 0 Å². The Morgan fingerprint density at radius 1 is 1.10 bits per heavy atom. The van der Waals surface area contributed by atoms with Crippen molar-refractivity contribution in [3.05, 3.63) is 90.0 Å². The van der Waals surface area contributed by atoms with Crippen molar-refractivity contribution in [3.63, 3.8) is 0 Å². The third kappa shape index (κ3) is 6.57. The Balaban J connectivity index is 1.29. The molecule has 0 spiro atoms. The number of ether oxygens (including phenoxy) is 3. The zero-order valence-corrected chi connectivity index (χ0v) is 23.8. The molecule has 1 aromatic carbocycles. The summed E-state index contributed by atoms with van der Waals surface area (Å²) in [7, 11) is 1.35. The molecular formula is C32H34N4O5. The lowest BCUT2D eigenvalue weighted by atomic mass is 10.1. The second-order valence-corrected chi connectivity index (χ2v) is 10.8. The average Bonchev–Trinajstić information content (AvgIpc) is 3.38. The van der Waals surface area contributed by atoms with E-state index in [0.29, 0.717) is 31.1 Å². The van der Waals surface area contributed by atoms with E-state index >= 15 is 0 Å². The fourth-order valence-corrected chi connectivity index (χ4v) is 4.78. The number of benzene rings is 1. The van der Waals surface area contributed by atoms with Crippen LogP contribution >= 0.6 is 0 Å². The lowest BCUT2D eigenvalue weighted by Crippen LogP contribution is -2.40. The quantitative estimate of drug-likeness (QED) is 0.210. The van der Waals surface area contributed by atoms with Crippen molar-refractivity contribution in [2.24, 2.45) is 0 Å². The van der Waals surface area contributed by atoms with Gasteiger partial charge in [0.25, 0.3) is 0 Å². The van der Waals surface area contributed by atoms with Crippen LogP contribution in [0.1, 0.15) is 44.0 Å². The molecule has 4 heterocycles. The molecule has 9 heteroatoms. The summed E-state index contributed by atoms with van der Waals surface area (Å²) in [6, 6.07) is 15.6. The highest BCUT2D eigenvalue weighted by atomic mass is 16.6. The minimum atomic E-state index is -0.569. The number of nitrogens with zero attached hydrogens (tertiary/aromatic N) is 4. The topological polar surface area (TPSA) is 95.8 Å². The number of aryl methyl sites for hydroxylation is 1. The maximum Gasteiger partial charge on any atom is 0.416 e. The van der Waals surface area contributed by atoms with Crippen molar-refractivity contribution >= 4 is 34.5 Å². The first-order valence-corrected chi connectivity index (χ1v) is 13.7. The van der Waals surface area contributed by atoms with Gasteiger partial charge in [0.1, 0.15) is 17.2 Å². The Morgan fingerprint density at radius 2 is 1.95 bits per heavy atom. The third-order valence-corrected chi connectivity index (χ3v) is 6.67. The molecule has 1 amide bonds. The highest BCUT2D eigenvalue weighted by molar-refractivity contribution is 5.94. The van der Waals surface area contributed by atoms with Gasteiger partial charge in [0.05, 0.1) is 24.9 Å². The second-order valence-electron chi connectivity index (χ2n) is 10.8. The van der Waals surface area contributed by atoms with E-state index in [9.17, 15) is 9.59 Å². The fraction of sp³-hybridized carbons (Fsp3) is 0.312. The number of carbonyl (C=O) groups is 2. The predicted octanol–water partition coefficient (Wildman–Crippen LogP) is 5.80. The van der Waals surface area contributed by atoms with Crippen LogP contribution in [0.3, 0.4) is 0 Å². The molecule has 0 saturated carbocycles. The first-order valence-electron chi connectivity index (χ1n) is 13.7. The first kappa shape index (κ1) is 27.9. The Morgan fingerprint density at radius 3 is 2.71 bits per heavy atom. The highest BCUT2D eigenvalue weighted by Gasteiger charge is 2.28. The number of fused-ring (bicyclic) bond motifs is 2. The van der Waals surface area contributed by atoms with Gasteiger partial charge in [0, 0.05) is 54.3 Å². The molecule has 0 saturated heterocycles. The van der Waals surface area contributed by atoms with E-state index in [0.717, 1.165) is 46.3 Å². The van der Waals surface area contributed by atoms with Gasteiger partial charge in [-0.05, 0) is 81.6 Å². The number of hydrogen-bond donors (Lipinski definition) is 0. The van der Waals surface area contributed by atoms with Crippen LogP contribution in [0, 0.1) is 0 Å². The van der Waals surface area contributed by atoms with Gasteiger partial charge in [-0.3, -0.25) is 9.88 Å². The van der Waals surface area contributed by atoms with Crippen LogP contribution in [-0.2, 0) is 27.1 Å². The van der Waals surface area contributed by atoms with Gasteiger partial charge in [-0.25, -0.2) is 14.6 Å². The molecule has 1 aliphatic rings. The molecule has 0 radical (unpaired) electrons. The molecule has 3 aromatic heterocycles. The van der Waals surface area contributed by atoms with Gasteiger partial charge >= 0.3 is 12.1 Å². The number of rotatable bonds is 7. The Hall–Kier alpha value is -4.66. The maximum atomic E-state index is 12.8. The normalized spacial score (nSPS) is 13.6. The van der Waals surface area contributed by atoms with E-state index < -0.39 is 11.6 Å². The number of amides is 1. The number of esters is 1. The summed E-state index contributed by atoms with van der Waals surface area (Å²) in [6.45, 7) is 6.60. The monoisotopic (exact) mass is 554 g/mol. The predicted molar refractivity (Wildman–Crippen MR) is 157 cm³/mol. The molecule has 212 valence electrons. The summed E-state index contributed by atoms with van der Waals surface area (Å²) in [4.78, 5) is 35.5. The van der Waals surface area contributed by atoms with E-state index in [1.807, 2.05) is 80.1 Å². The van der Waals surface area contributed by atoms with E-state index in [1.54, 1.807) is 17.3 Å². The molecule has 0 aliphatic carbocycles. The summed E-state index contributed by atoms with van der Waals surface area (Å²) in [6.07, 6.45) is 8.74. The largest absolute Gasteiger partial charge is 0.493 e. The van der Waals surface area contributed by atoms with Gasteiger partial charge in [0.15, 0.2) is 0 Å². The smallest absolute Gasteiger partial charge is 0.416 e. The molecule has 9 nitrogen and oxygen atoms in total. The van der Waals surface area contributed by atoms with Gasteiger partial charge in [-0.15, -0.1) is 0 Å². The highest BCUT2D eigenvalue weighted by Crippen LogP contribution is 2.29. The second kappa shape index (κ2) is 11.8. The van der Waals surface area contributed by atoms with Crippen LogP contribution in [0.5, 0.6) is 5.75 Å². The summed E-state index contributed by atoms with van der Waals surface area (Å²) in [5.74, 6) is 0.953. The zero-order valence-electron chi connectivity index (χ0n) is 23.8. The summed E-state index contributed by atoms with van der Waals surface area (Å²) < 4.78 is 18.5. The summed E-state index contributed by atoms with van der Waals surface area (Å²) >= 11 is 0. The molecule has 5 rings (SSSR count). The van der Waals surface area contributed by atoms with Crippen molar-refractivity contribution in [1.29, 1.82) is 0 Å². The van der Waals surface area contributed by atoms with Crippen LogP contribution in [-0.4, -0.2) is 52.5 Å². The number of methoxy groups -OCH3 is 1. The van der Waals surface area contributed by atoms with E-state index in [1.165, 1.54) is 13.2 Å². The van der Waals surface area contributed by atoms with Crippen molar-refractivity contribution in [3.8, 4) is 5.75 Å². The first-order chi connectivity index (χ1) is 19.7. The van der Waals surface area contributed by atoms with Crippen LogP contribution in [0.2, 0.25) is 0 Å². The lowest BCUT2D eigenvalue weighted by Gasteiger charge is -2.31. The minimum Gasteiger partial charge on any atom is -0.493 e. The van der Waals surface area contributed by atoms with Gasteiger partial charge in [-0.2, -0.15) is 0 Å². The number of aromatic nitrogens is 3. The molecule has 0 unspecified atom stereocenters. The SMILES string of the molecule is COC(=O)C=C(c1cccnc1)n1ccc2cc(OCCc3ccc4c(n3)N(C(=O)OC(C)(C)C)CCC4)ccc21. The Labute approximate surface area is 239 Å². The molecule has 1 aliphatic heterocycles. The Kier molecular flexibility index (Phi) is 8.05. The zero-order chi connectivity index (χ0) is 29.0. The third-order valence-electron chi connectivity index (χ3n) is 6.67. The number of carbonyl (C=O) groups excluding carboxylic acids is 2. The van der Waals surface area contributed by atoms with Crippen molar-refractivity contribution in [2.45, 2.75) is 45.6 Å². The summed E-state index contributed by atoms with van der Waals surface area (Å²) in [5, 5.41) is 0.960. The number of anilines is 1. The maximum absolute atomic E-state index is 12.8. The van der Waals surface area contributed by atoms with Crippen molar-refractivity contribution in [1.82, 2.24) is 14.5 Å². The fourth-order valence-electron chi connectivity index (χ4n) is 4.78. The van der Waals surface area contributed by atoms with Gasteiger partial charge < -0.3 is 18.8 Å². The van der Waals surface area contributed by atoms with E-state index in [2.05, 4.69) is 4.98 Å². The van der Waals surface area contributed by atoms with Crippen LogP contribution in [0.25, 0.3) is 16.6 Å². The minimum absolute atomic E-state index is 0.368. The molecular weight excluding hydrogens is 520 g/mol. The van der Waals surface area contributed by atoms with Crippen molar-refractivity contribution < 1.29 is 23.8 Å². The molecule has 41 heavy (non-hydrogen) atoms. The molecule has 0 N–H and O–H groups in total. The number of hydrogen-bond acceptors (Lipinski definition) is 7. The number of pyridine rings is 2. The molecule has 0 bridgehead atoms. The van der Waals surface area contributed by atoms with E-state index in [4.69, 9.17) is 19.2 Å². The van der Waals surface area contributed by atoms with Crippen LogP contribution < -0.4 is 9.64 Å². The van der Waals surface area contributed by atoms with Crippen molar-refractivity contribution in [2.75, 3.05) is 25.2 Å². The van der Waals surface area contributed by atoms with Crippen LogP contribution in [0.4, 0.5) is 10.6 Å². The van der Waals surface area contributed by atoms with Crippen LogP contribution in [0.15, 0.2) is 73.2 Å². The Bertz CT molecular complexity index is 1590. The van der Waals surface area contributed by atoms with E-state index in [-0.39, 0.29) is 6.09 Å². The van der Waals surface area contributed by atoms with Gasteiger partial charge in [-0.1, -0.05) is 6.07 Å². The molecule has 0 fully saturated rings.